The molecular formula is C10H9BrN4O. The lowest BCUT2D eigenvalue weighted by Crippen LogP contribution is -2.06. The van der Waals surface area contributed by atoms with Crippen molar-refractivity contribution in [2.45, 2.75) is 6.42 Å². The van der Waals surface area contributed by atoms with Gasteiger partial charge in [0.2, 0.25) is 0 Å². The van der Waals surface area contributed by atoms with Gasteiger partial charge in [0.1, 0.15) is 0 Å². The molecule has 1 aromatic carbocycles. The number of hydrogen-bond donors (Lipinski definition) is 0. The van der Waals surface area contributed by atoms with Crippen LogP contribution in [0.2, 0.25) is 0 Å². The molecule has 1 aromatic heterocycles. The molecule has 0 spiro atoms. The Bertz CT molecular complexity index is 523. The second-order valence-electron chi connectivity index (χ2n) is 3.27. The molecule has 0 N–H and O–H groups in total. The third-order valence-corrected chi connectivity index (χ3v) is 2.73. The lowest BCUT2D eigenvalue weighted by Gasteiger charge is -2.00. The summed E-state index contributed by atoms with van der Waals surface area (Å²) in [6.07, 6.45) is 0.163. The van der Waals surface area contributed by atoms with Crippen molar-refractivity contribution in [2.75, 3.05) is 0 Å². The van der Waals surface area contributed by atoms with Crippen molar-refractivity contribution in [1.82, 2.24) is 20.2 Å². The number of aromatic nitrogens is 4. The number of carbonyl (C=O) groups is 1. The van der Waals surface area contributed by atoms with E-state index in [4.69, 9.17) is 0 Å². The number of tetrazole rings is 1. The molecule has 5 nitrogen and oxygen atoms in total. The fourth-order valence-corrected chi connectivity index (χ4v) is 1.83. The van der Waals surface area contributed by atoms with Crippen molar-refractivity contribution < 1.29 is 4.79 Å². The van der Waals surface area contributed by atoms with E-state index in [1.54, 1.807) is 13.1 Å². The number of benzene rings is 1. The molecule has 2 aromatic rings. The van der Waals surface area contributed by atoms with E-state index in [2.05, 4.69) is 31.3 Å². The lowest BCUT2D eigenvalue weighted by atomic mass is 10.1. The number of carbonyl (C=O) groups excluding carboxylic acids is 1. The van der Waals surface area contributed by atoms with Gasteiger partial charge < -0.3 is 0 Å². The third-order valence-electron chi connectivity index (χ3n) is 2.04. The summed E-state index contributed by atoms with van der Waals surface area (Å²) in [6.45, 7) is 0. The summed E-state index contributed by atoms with van der Waals surface area (Å²) < 4.78 is 0.781. The van der Waals surface area contributed by atoms with Crippen LogP contribution in [0.5, 0.6) is 0 Å². The molecule has 0 radical (unpaired) electrons. The van der Waals surface area contributed by atoms with Crippen LogP contribution in [-0.2, 0) is 13.5 Å². The van der Waals surface area contributed by atoms with Crippen molar-refractivity contribution in [1.29, 1.82) is 0 Å². The monoisotopic (exact) mass is 280 g/mol. The topological polar surface area (TPSA) is 60.7 Å². The quantitative estimate of drug-likeness (QED) is 0.798. The highest BCUT2D eigenvalue weighted by Gasteiger charge is 2.12. The second-order valence-corrected chi connectivity index (χ2v) is 4.13. The maximum Gasteiger partial charge on any atom is 0.182 e. The van der Waals surface area contributed by atoms with Crippen LogP contribution in [0.25, 0.3) is 0 Å². The Labute approximate surface area is 101 Å². The predicted octanol–water partition coefficient (Wildman–Crippen LogP) is 1.40. The van der Waals surface area contributed by atoms with Crippen LogP contribution in [-0.4, -0.2) is 26.0 Å². The van der Waals surface area contributed by atoms with Crippen LogP contribution in [0.15, 0.2) is 28.7 Å². The molecule has 0 aliphatic carbocycles. The fraction of sp³-hybridized carbons (Fsp3) is 0.200. The smallest absolute Gasteiger partial charge is 0.182 e. The molecule has 0 aliphatic rings. The van der Waals surface area contributed by atoms with Gasteiger partial charge in [0.25, 0.3) is 0 Å². The third kappa shape index (κ3) is 2.33. The van der Waals surface area contributed by atoms with Gasteiger partial charge in [-0.05, 0) is 11.3 Å². The van der Waals surface area contributed by atoms with Gasteiger partial charge in [-0.3, -0.25) is 4.79 Å². The summed E-state index contributed by atoms with van der Waals surface area (Å²) in [5, 5.41) is 11.4. The first-order valence-corrected chi connectivity index (χ1v) is 5.46. The molecule has 6 heteroatoms. The van der Waals surface area contributed by atoms with E-state index in [0.29, 0.717) is 11.4 Å². The van der Waals surface area contributed by atoms with Gasteiger partial charge in [0.15, 0.2) is 11.6 Å². The van der Waals surface area contributed by atoms with Crippen molar-refractivity contribution in [2.24, 2.45) is 7.05 Å². The molecule has 0 saturated heterocycles. The second kappa shape index (κ2) is 4.52. The van der Waals surface area contributed by atoms with Gasteiger partial charge in [-0.2, -0.15) is 4.80 Å². The minimum Gasteiger partial charge on any atom is -0.294 e. The maximum atomic E-state index is 11.9. The minimum absolute atomic E-state index is 0.0273. The Morgan fingerprint density at radius 2 is 2.19 bits per heavy atom. The molecule has 0 atom stereocenters. The van der Waals surface area contributed by atoms with Gasteiger partial charge in [-0.1, -0.05) is 34.1 Å². The fourth-order valence-electron chi connectivity index (χ4n) is 1.32. The molecule has 82 valence electrons. The summed E-state index contributed by atoms with van der Waals surface area (Å²) in [5.74, 6) is 0.406. The van der Waals surface area contributed by atoms with E-state index in [1.807, 2.05) is 18.2 Å². The molecule has 2 rings (SSSR count). The summed E-state index contributed by atoms with van der Waals surface area (Å²) in [4.78, 5) is 13.2. The highest BCUT2D eigenvalue weighted by atomic mass is 79.9. The first-order chi connectivity index (χ1) is 7.66. The Morgan fingerprint density at radius 1 is 1.44 bits per heavy atom. The molecule has 0 unspecified atom stereocenters. The van der Waals surface area contributed by atoms with E-state index < -0.39 is 0 Å². The van der Waals surface area contributed by atoms with Crippen LogP contribution in [0.4, 0.5) is 0 Å². The summed E-state index contributed by atoms with van der Waals surface area (Å²) in [6, 6.07) is 7.28. The van der Waals surface area contributed by atoms with Crippen LogP contribution in [0, 0.1) is 0 Å². The number of rotatable bonds is 3. The number of Topliss-reactive ketones (excluding diaryl/α,β-unsaturated/α-hetero) is 1. The Hall–Kier alpha value is -1.56. The number of hydrogen-bond acceptors (Lipinski definition) is 4. The van der Waals surface area contributed by atoms with Crippen LogP contribution < -0.4 is 0 Å². The first kappa shape index (κ1) is 10.9. The molecule has 1 heterocycles. The standard InChI is InChI=1S/C10H9BrN4O/c1-15-13-10(12-14-15)6-9(16)7-4-2-3-5-8(7)11/h2-5H,6H2,1H3. The molecular weight excluding hydrogens is 272 g/mol. The molecule has 0 saturated carbocycles. The zero-order valence-corrected chi connectivity index (χ0v) is 10.2. The Balaban J connectivity index is 2.18. The van der Waals surface area contributed by atoms with Gasteiger partial charge in [-0.15, -0.1) is 10.2 Å². The molecule has 0 bridgehead atoms. The normalized spacial score (nSPS) is 10.4. The number of aryl methyl sites for hydroxylation is 1. The lowest BCUT2D eigenvalue weighted by molar-refractivity contribution is 0.0990. The van der Waals surface area contributed by atoms with E-state index in [9.17, 15) is 4.79 Å². The minimum atomic E-state index is -0.0273. The van der Waals surface area contributed by atoms with Crippen molar-refractivity contribution in [3.63, 3.8) is 0 Å². The van der Waals surface area contributed by atoms with Gasteiger partial charge in [0.05, 0.1) is 13.5 Å². The van der Waals surface area contributed by atoms with Crippen LogP contribution in [0.1, 0.15) is 16.2 Å². The average Bonchev–Trinajstić information content (AvgIpc) is 2.64. The largest absolute Gasteiger partial charge is 0.294 e. The zero-order chi connectivity index (χ0) is 11.5. The predicted molar refractivity (Wildman–Crippen MR) is 61.0 cm³/mol. The SMILES string of the molecule is Cn1nnc(CC(=O)c2ccccc2Br)n1. The van der Waals surface area contributed by atoms with Gasteiger partial charge in [-0.25, -0.2) is 0 Å². The zero-order valence-electron chi connectivity index (χ0n) is 8.59. The molecule has 0 amide bonds. The Morgan fingerprint density at radius 3 is 2.81 bits per heavy atom. The van der Waals surface area contributed by atoms with Crippen molar-refractivity contribution in [3.8, 4) is 0 Å². The number of halogens is 1. The van der Waals surface area contributed by atoms with Crippen molar-refractivity contribution >= 4 is 21.7 Å². The van der Waals surface area contributed by atoms with E-state index in [0.717, 1.165) is 4.47 Å². The first-order valence-electron chi connectivity index (χ1n) is 4.67. The maximum absolute atomic E-state index is 11.9. The molecule has 16 heavy (non-hydrogen) atoms. The summed E-state index contributed by atoms with van der Waals surface area (Å²) in [7, 11) is 1.67. The van der Waals surface area contributed by atoms with Crippen molar-refractivity contribution in [3.05, 3.63) is 40.1 Å². The average molecular weight is 281 g/mol. The van der Waals surface area contributed by atoms with E-state index in [1.165, 1.54) is 4.80 Å². The molecule has 0 aliphatic heterocycles. The highest BCUT2D eigenvalue weighted by molar-refractivity contribution is 9.10. The number of nitrogens with zero attached hydrogens (tertiary/aromatic N) is 4. The van der Waals surface area contributed by atoms with Gasteiger partial charge in [0, 0.05) is 10.0 Å². The van der Waals surface area contributed by atoms with Crippen LogP contribution >= 0.6 is 15.9 Å². The number of ketones is 1. The van der Waals surface area contributed by atoms with E-state index >= 15 is 0 Å². The van der Waals surface area contributed by atoms with Gasteiger partial charge >= 0.3 is 0 Å². The molecule has 0 fully saturated rings. The summed E-state index contributed by atoms with van der Waals surface area (Å²) >= 11 is 3.33. The Kier molecular flexibility index (Phi) is 3.09. The summed E-state index contributed by atoms with van der Waals surface area (Å²) in [5.41, 5.74) is 0.634. The van der Waals surface area contributed by atoms with Crippen LogP contribution in [0.3, 0.4) is 0 Å². The highest BCUT2D eigenvalue weighted by Crippen LogP contribution is 2.17. The van der Waals surface area contributed by atoms with E-state index in [-0.39, 0.29) is 12.2 Å².